The second-order valence-corrected chi connectivity index (χ2v) is 3.31. The normalized spacial score (nSPS) is 10.1. The Labute approximate surface area is 88.1 Å². The van der Waals surface area contributed by atoms with Gasteiger partial charge in [0.2, 0.25) is 0 Å². The molecule has 0 atom stereocenters. The fourth-order valence-electron chi connectivity index (χ4n) is 1.50. The van der Waals surface area contributed by atoms with E-state index in [1.54, 1.807) is 12.4 Å². The minimum atomic E-state index is 0.654. The molecule has 0 spiro atoms. The molecule has 15 heavy (non-hydrogen) atoms. The topological polar surface area (TPSA) is 53.6 Å². The maximum Gasteiger partial charge on any atom is 0.159 e. The molecule has 2 rings (SSSR count). The van der Waals surface area contributed by atoms with Gasteiger partial charge in [-0.2, -0.15) is 5.26 Å². The van der Waals surface area contributed by atoms with Crippen LogP contribution in [-0.4, -0.2) is 16.2 Å². The Morgan fingerprint density at radius 3 is 3.20 bits per heavy atom. The van der Waals surface area contributed by atoms with E-state index < -0.39 is 0 Å². The molecule has 2 heterocycles. The van der Waals surface area contributed by atoms with E-state index >= 15 is 0 Å². The summed E-state index contributed by atoms with van der Waals surface area (Å²) in [6.07, 6.45) is 4.55. The van der Waals surface area contributed by atoms with Crippen LogP contribution in [0.1, 0.15) is 18.9 Å². The van der Waals surface area contributed by atoms with Crippen LogP contribution in [0.25, 0.3) is 11.0 Å². The minimum absolute atomic E-state index is 0.654. The smallest absolute Gasteiger partial charge is 0.159 e. The maximum atomic E-state index is 8.96. The molecule has 0 aromatic carbocycles. The Morgan fingerprint density at radius 2 is 2.47 bits per heavy atom. The first-order chi connectivity index (χ1) is 7.36. The molecule has 2 aromatic heterocycles. The van der Waals surface area contributed by atoms with Gasteiger partial charge in [-0.3, -0.25) is 0 Å². The summed E-state index contributed by atoms with van der Waals surface area (Å²) in [4.78, 5) is 4.25. The molecule has 0 unspecified atom stereocenters. The Morgan fingerprint density at radius 1 is 1.60 bits per heavy atom. The number of fused-ring (bicyclic) bond motifs is 1. The third-order valence-corrected chi connectivity index (χ3v) is 2.22. The van der Waals surface area contributed by atoms with Crippen LogP contribution in [0.2, 0.25) is 0 Å². The van der Waals surface area contributed by atoms with Gasteiger partial charge in [-0.1, -0.05) is 6.92 Å². The van der Waals surface area contributed by atoms with Crippen molar-refractivity contribution in [1.29, 1.82) is 5.26 Å². The van der Waals surface area contributed by atoms with Gasteiger partial charge in [-0.15, -0.1) is 0 Å². The number of hydrogen-bond donors (Lipinski definition) is 1. The molecule has 0 radical (unpaired) electrons. The van der Waals surface area contributed by atoms with E-state index in [0.29, 0.717) is 5.56 Å². The SMILES string of the molecule is CCCNn1cc(C#N)c2cccnc21. The molecule has 0 saturated carbocycles. The van der Waals surface area contributed by atoms with E-state index in [9.17, 15) is 0 Å². The summed E-state index contributed by atoms with van der Waals surface area (Å²) in [5, 5.41) is 9.85. The number of rotatable bonds is 3. The van der Waals surface area contributed by atoms with E-state index in [1.807, 2.05) is 16.8 Å². The third-order valence-electron chi connectivity index (χ3n) is 2.22. The highest BCUT2D eigenvalue weighted by Gasteiger charge is 2.07. The molecule has 0 aliphatic carbocycles. The van der Waals surface area contributed by atoms with Crippen LogP contribution in [0.4, 0.5) is 0 Å². The molecule has 4 heteroatoms. The summed E-state index contributed by atoms with van der Waals surface area (Å²) in [6.45, 7) is 2.96. The van der Waals surface area contributed by atoms with Gasteiger partial charge in [0, 0.05) is 24.3 Å². The first kappa shape index (κ1) is 9.53. The van der Waals surface area contributed by atoms with Crippen molar-refractivity contribution in [1.82, 2.24) is 9.66 Å². The van der Waals surface area contributed by atoms with Gasteiger partial charge in [0.1, 0.15) is 6.07 Å². The fourth-order valence-corrected chi connectivity index (χ4v) is 1.50. The van der Waals surface area contributed by atoms with Crippen LogP contribution in [0, 0.1) is 11.3 Å². The molecular weight excluding hydrogens is 188 g/mol. The Kier molecular flexibility index (Phi) is 2.55. The summed E-state index contributed by atoms with van der Waals surface area (Å²) in [5.41, 5.74) is 4.66. The first-order valence-electron chi connectivity index (χ1n) is 4.97. The van der Waals surface area contributed by atoms with Crippen LogP contribution < -0.4 is 5.43 Å². The highest BCUT2D eigenvalue weighted by Crippen LogP contribution is 2.16. The van der Waals surface area contributed by atoms with Crippen LogP contribution in [-0.2, 0) is 0 Å². The largest absolute Gasteiger partial charge is 0.324 e. The first-order valence-corrected chi connectivity index (χ1v) is 4.97. The van der Waals surface area contributed by atoms with E-state index in [4.69, 9.17) is 5.26 Å². The molecule has 4 nitrogen and oxygen atoms in total. The maximum absolute atomic E-state index is 8.96. The highest BCUT2D eigenvalue weighted by molar-refractivity contribution is 5.83. The summed E-state index contributed by atoms with van der Waals surface area (Å²) < 4.78 is 1.82. The predicted molar refractivity (Wildman–Crippen MR) is 59.0 cm³/mol. The lowest BCUT2D eigenvalue weighted by molar-refractivity contribution is 0.824. The Balaban J connectivity index is 2.51. The van der Waals surface area contributed by atoms with Crippen molar-refractivity contribution >= 4 is 11.0 Å². The number of nitrogens with one attached hydrogen (secondary N) is 1. The molecule has 0 amide bonds. The molecular formula is C11H12N4. The van der Waals surface area contributed by atoms with Gasteiger partial charge in [0.15, 0.2) is 5.65 Å². The molecule has 0 saturated heterocycles. The van der Waals surface area contributed by atoms with Gasteiger partial charge in [-0.25, -0.2) is 9.66 Å². The van der Waals surface area contributed by atoms with Crippen molar-refractivity contribution in [2.75, 3.05) is 12.0 Å². The second-order valence-electron chi connectivity index (χ2n) is 3.31. The molecule has 76 valence electrons. The summed E-state index contributed by atoms with van der Waals surface area (Å²) in [5.74, 6) is 0. The minimum Gasteiger partial charge on any atom is -0.324 e. The monoisotopic (exact) mass is 200 g/mol. The average Bonchev–Trinajstić information content (AvgIpc) is 2.65. The predicted octanol–water partition coefficient (Wildman–Crippen LogP) is 1.86. The third kappa shape index (κ3) is 1.64. The number of nitriles is 1. The number of pyridine rings is 1. The lowest BCUT2D eigenvalue weighted by atomic mass is 10.2. The number of nitrogens with zero attached hydrogens (tertiary/aromatic N) is 3. The molecule has 0 bridgehead atoms. The van der Waals surface area contributed by atoms with Crippen molar-refractivity contribution in [3.05, 3.63) is 30.1 Å². The van der Waals surface area contributed by atoms with Gasteiger partial charge < -0.3 is 5.43 Å². The summed E-state index contributed by atoms with van der Waals surface area (Å²) >= 11 is 0. The van der Waals surface area contributed by atoms with Gasteiger partial charge in [0.05, 0.1) is 5.56 Å². The van der Waals surface area contributed by atoms with Crippen LogP contribution in [0.15, 0.2) is 24.5 Å². The van der Waals surface area contributed by atoms with E-state index in [2.05, 4.69) is 23.4 Å². The lowest BCUT2D eigenvalue weighted by Gasteiger charge is -2.05. The van der Waals surface area contributed by atoms with Crippen LogP contribution in [0.3, 0.4) is 0 Å². The summed E-state index contributed by atoms with van der Waals surface area (Å²) in [6, 6.07) is 5.91. The molecule has 0 fully saturated rings. The molecule has 0 aliphatic rings. The zero-order chi connectivity index (χ0) is 10.7. The average molecular weight is 200 g/mol. The Bertz CT molecular complexity index is 507. The quantitative estimate of drug-likeness (QED) is 0.822. The van der Waals surface area contributed by atoms with Crippen molar-refractivity contribution in [2.24, 2.45) is 0 Å². The van der Waals surface area contributed by atoms with Crippen LogP contribution in [0.5, 0.6) is 0 Å². The fraction of sp³-hybridized carbons (Fsp3) is 0.273. The van der Waals surface area contributed by atoms with E-state index in [0.717, 1.165) is 24.0 Å². The van der Waals surface area contributed by atoms with Crippen molar-refractivity contribution in [2.45, 2.75) is 13.3 Å². The van der Waals surface area contributed by atoms with Gasteiger partial charge in [-0.05, 0) is 18.6 Å². The van der Waals surface area contributed by atoms with Crippen molar-refractivity contribution in [3.63, 3.8) is 0 Å². The zero-order valence-electron chi connectivity index (χ0n) is 8.57. The van der Waals surface area contributed by atoms with Crippen LogP contribution >= 0.6 is 0 Å². The van der Waals surface area contributed by atoms with Crippen molar-refractivity contribution < 1.29 is 0 Å². The van der Waals surface area contributed by atoms with Gasteiger partial charge in [0.25, 0.3) is 0 Å². The van der Waals surface area contributed by atoms with E-state index in [-0.39, 0.29) is 0 Å². The van der Waals surface area contributed by atoms with E-state index in [1.165, 1.54) is 0 Å². The Hall–Kier alpha value is -2.02. The van der Waals surface area contributed by atoms with Gasteiger partial charge >= 0.3 is 0 Å². The highest BCUT2D eigenvalue weighted by atomic mass is 15.4. The second kappa shape index (κ2) is 4.01. The molecule has 1 N–H and O–H groups in total. The molecule has 2 aromatic rings. The summed E-state index contributed by atoms with van der Waals surface area (Å²) in [7, 11) is 0. The molecule has 0 aliphatic heterocycles. The van der Waals surface area contributed by atoms with Crippen molar-refractivity contribution in [3.8, 4) is 6.07 Å². The number of hydrogen-bond acceptors (Lipinski definition) is 3. The lowest BCUT2D eigenvalue weighted by Crippen LogP contribution is -2.14. The standard InChI is InChI=1S/C11H12N4/c1-2-5-14-15-8-9(7-12)10-4-3-6-13-11(10)15/h3-4,6,8,14H,2,5H2,1H3. The zero-order valence-corrected chi connectivity index (χ0v) is 8.57. The number of aromatic nitrogens is 2.